The molecule has 2 aromatic carbocycles. The Bertz CT molecular complexity index is 634. The quantitative estimate of drug-likeness (QED) is 0.842. The van der Waals surface area contributed by atoms with E-state index in [1.807, 2.05) is 18.2 Å². The SMILES string of the molecule is COc1ccc2cc1Oc1ccc(cc1)CC[C@H](O)CCCC2. The second-order valence-electron chi connectivity index (χ2n) is 6.17. The Morgan fingerprint density at radius 1 is 0.957 bits per heavy atom. The molecule has 2 aromatic rings. The smallest absolute Gasteiger partial charge is 0.169 e. The predicted octanol–water partition coefficient (Wildman–Crippen LogP) is 4.51. The zero-order valence-corrected chi connectivity index (χ0v) is 13.6. The van der Waals surface area contributed by atoms with Crippen LogP contribution in [0.3, 0.4) is 0 Å². The largest absolute Gasteiger partial charge is 0.493 e. The highest BCUT2D eigenvalue weighted by atomic mass is 16.5. The average molecular weight is 312 g/mol. The van der Waals surface area contributed by atoms with Gasteiger partial charge in [0.05, 0.1) is 13.2 Å². The number of rotatable bonds is 1. The number of methoxy groups -OCH3 is 1. The van der Waals surface area contributed by atoms with Crippen molar-refractivity contribution >= 4 is 0 Å². The van der Waals surface area contributed by atoms with E-state index in [0.29, 0.717) is 0 Å². The first-order valence-electron chi connectivity index (χ1n) is 8.36. The van der Waals surface area contributed by atoms with Gasteiger partial charge >= 0.3 is 0 Å². The number of benzene rings is 2. The van der Waals surface area contributed by atoms with E-state index >= 15 is 0 Å². The topological polar surface area (TPSA) is 38.7 Å². The lowest BCUT2D eigenvalue weighted by atomic mass is 10.0. The number of aliphatic hydroxyl groups is 1. The van der Waals surface area contributed by atoms with Crippen LogP contribution in [0, 0.1) is 0 Å². The summed E-state index contributed by atoms with van der Waals surface area (Å²) in [6.07, 6.45) is 5.50. The summed E-state index contributed by atoms with van der Waals surface area (Å²) < 4.78 is 11.4. The standard InChI is InChI=1S/C20H24O3/c1-22-19-13-9-16-4-2-3-5-17(21)10-6-15-7-11-18(12-8-15)23-20(19)14-16/h7-9,11-14,17,21H,2-6,10H2,1H3/t17-/m1/s1. The summed E-state index contributed by atoms with van der Waals surface area (Å²) in [5.74, 6) is 2.31. The summed E-state index contributed by atoms with van der Waals surface area (Å²) in [6, 6.07) is 14.2. The van der Waals surface area contributed by atoms with Gasteiger partial charge in [-0.15, -0.1) is 0 Å². The van der Waals surface area contributed by atoms with Crippen molar-refractivity contribution in [3.05, 3.63) is 53.6 Å². The maximum Gasteiger partial charge on any atom is 0.169 e. The third-order valence-corrected chi connectivity index (χ3v) is 4.40. The van der Waals surface area contributed by atoms with Crippen molar-refractivity contribution < 1.29 is 14.6 Å². The minimum absolute atomic E-state index is 0.206. The molecule has 3 nitrogen and oxygen atoms in total. The molecule has 122 valence electrons. The van der Waals surface area contributed by atoms with E-state index in [2.05, 4.69) is 24.3 Å². The molecule has 0 saturated heterocycles. The van der Waals surface area contributed by atoms with Crippen molar-refractivity contribution in [3.8, 4) is 17.2 Å². The molecule has 0 unspecified atom stereocenters. The van der Waals surface area contributed by atoms with Crippen LogP contribution in [0.25, 0.3) is 0 Å². The van der Waals surface area contributed by atoms with Crippen molar-refractivity contribution in [2.24, 2.45) is 0 Å². The van der Waals surface area contributed by atoms with Gasteiger partial charge in [0.25, 0.3) is 0 Å². The van der Waals surface area contributed by atoms with Crippen molar-refractivity contribution in [2.45, 2.75) is 44.6 Å². The molecule has 1 N–H and O–H groups in total. The first kappa shape index (κ1) is 15.9. The third-order valence-electron chi connectivity index (χ3n) is 4.40. The molecule has 0 aromatic heterocycles. The van der Waals surface area contributed by atoms with E-state index < -0.39 is 0 Å². The molecule has 1 atom stereocenters. The molecular weight excluding hydrogens is 288 g/mol. The molecule has 2 aliphatic rings. The number of hydrogen-bond acceptors (Lipinski definition) is 3. The van der Waals surface area contributed by atoms with Crippen LogP contribution in [0.1, 0.15) is 36.8 Å². The Balaban J connectivity index is 1.89. The minimum atomic E-state index is -0.206. The zero-order chi connectivity index (χ0) is 16.1. The van der Waals surface area contributed by atoms with Gasteiger partial charge in [-0.3, -0.25) is 0 Å². The van der Waals surface area contributed by atoms with Gasteiger partial charge < -0.3 is 14.6 Å². The van der Waals surface area contributed by atoms with Crippen LogP contribution in [0.5, 0.6) is 17.2 Å². The second-order valence-corrected chi connectivity index (χ2v) is 6.17. The van der Waals surface area contributed by atoms with E-state index in [1.54, 1.807) is 7.11 Å². The minimum Gasteiger partial charge on any atom is -0.493 e. The first-order chi connectivity index (χ1) is 11.2. The molecule has 4 rings (SSSR count). The van der Waals surface area contributed by atoms with Gasteiger partial charge in [-0.1, -0.05) is 24.6 Å². The number of fused-ring (bicyclic) bond motifs is 8. The summed E-state index contributed by atoms with van der Waals surface area (Å²) in [6.45, 7) is 0. The van der Waals surface area contributed by atoms with Crippen molar-refractivity contribution in [1.82, 2.24) is 0 Å². The molecule has 0 fully saturated rings. The zero-order valence-electron chi connectivity index (χ0n) is 13.6. The number of aliphatic hydroxyl groups excluding tert-OH is 1. The lowest BCUT2D eigenvalue weighted by molar-refractivity contribution is 0.151. The lowest BCUT2D eigenvalue weighted by Gasteiger charge is -2.12. The van der Waals surface area contributed by atoms with Gasteiger partial charge in [0.15, 0.2) is 11.5 Å². The highest BCUT2D eigenvalue weighted by molar-refractivity contribution is 5.45. The van der Waals surface area contributed by atoms with Crippen molar-refractivity contribution in [1.29, 1.82) is 0 Å². The monoisotopic (exact) mass is 312 g/mol. The Labute approximate surface area is 137 Å². The molecule has 23 heavy (non-hydrogen) atoms. The molecule has 0 saturated carbocycles. The Morgan fingerprint density at radius 2 is 1.74 bits per heavy atom. The summed E-state index contributed by atoms with van der Waals surface area (Å²) in [4.78, 5) is 0. The van der Waals surface area contributed by atoms with Crippen LogP contribution in [0.15, 0.2) is 42.5 Å². The van der Waals surface area contributed by atoms with Gasteiger partial charge in [-0.05, 0) is 67.5 Å². The first-order valence-corrected chi connectivity index (χ1v) is 8.36. The van der Waals surface area contributed by atoms with Crippen molar-refractivity contribution in [2.75, 3.05) is 7.11 Å². The Hall–Kier alpha value is -2.00. The molecule has 4 bridgehead atoms. The third kappa shape index (κ3) is 4.26. The van der Waals surface area contributed by atoms with Gasteiger partial charge in [-0.2, -0.15) is 0 Å². The molecule has 2 aliphatic heterocycles. The summed E-state index contributed by atoms with van der Waals surface area (Å²) in [5, 5.41) is 10.1. The average Bonchev–Trinajstić information content (AvgIpc) is 2.58. The van der Waals surface area contributed by atoms with Crippen LogP contribution in [-0.4, -0.2) is 18.3 Å². The van der Waals surface area contributed by atoms with E-state index in [1.165, 1.54) is 11.1 Å². The molecule has 0 spiro atoms. The van der Waals surface area contributed by atoms with E-state index in [9.17, 15) is 5.11 Å². The molecular formula is C20H24O3. The van der Waals surface area contributed by atoms with Crippen LogP contribution < -0.4 is 9.47 Å². The maximum atomic E-state index is 10.1. The maximum absolute atomic E-state index is 10.1. The summed E-state index contributed by atoms with van der Waals surface area (Å²) in [7, 11) is 1.66. The Morgan fingerprint density at radius 3 is 2.52 bits per heavy atom. The second kappa shape index (κ2) is 7.51. The number of aryl methyl sites for hydroxylation is 2. The van der Waals surface area contributed by atoms with E-state index in [0.717, 1.165) is 55.8 Å². The van der Waals surface area contributed by atoms with Gasteiger partial charge in [-0.25, -0.2) is 0 Å². The summed E-state index contributed by atoms with van der Waals surface area (Å²) >= 11 is 0. The molecule has 0 amide bonds. The number of ether oxygens (including phenoxy) is 2. The normalized spacial score (nSPS) is 18.6. The molecule has 0 radical (unpaired) electrons. The lowest BCUT2D eigenvalue weighted by Crippen LogP contribution is -2.08. The number of hydrogen-bond donors (Lipinski definition) is 1. The van der Waals surface area contributed by atoms with Crippen LogP contribution in [0.2, 0.25) is 0 Å². The highest BCUT2D eigenvalue weighted by Crippen LogP contribution is 2.33. The van der Waals surface area contributed by atoms with Gasteiger partial charge in [0, 0.05) is 0 Å². The van der Waals surface area contributed by atoms with E-state index in [-0.39, 0.29) is 6.10 Å². The fraction of sp³-hybridized carbons (Fsp3) is 0.400. The van der Waals surface area contributed by atoms with Gasteiger partial charge in [0.2, 0.25) is 0 Å². The van der Waals surface area contributed by atoms with Crippen LogP contribution >= 0.6 is 0 Å². The molecule has 3 heteroatoms. The molecule has 0 aliphatic carbocycles. The van der Waals surface area contributed by atoms with Crippen LogP contribution in [-0.2, 0) is 12.8 Å². The summed E-state index contributed by atoms with van der Waals surface area (Å²) in [5.41, 5.74) is 2.47. The highest BCUT2D eigenvalue weighted by Gasteiger charge is 2.10. The predicted molar refractivity (Wildman–Crippen MR) is 91.4 cm³/mol. The van der Waals surface area contributed by atoms with Crippen LogP contribution in [0.4, 0.5) is 0 Å². The van der Waals surface area contributed by atoms with Crippen molar-refractivity contribution in [3.63, 3.8) is 0 Å². The fourth-order valence-corrected chi connectivity index (χ4v) is 2.99. The molecule has 2 heterocycles. The van der Waals surface area contributed by atoms with Gasteiger partial charge in [0.1, 0.15) is 5.75 Å². The van der Waals surface area contributed by atoms with E-state index in [4.69, 9.17) is 9.47 Å². The Kier molecular flexibility index (Phi) is 5.19. The fourth-order valence-electron chi connectivity index (χ4n) is 2.99.